The summed E-state index contributed by atoms with van der Waals surface area (Å²) < 4.78 is 25.5. The molecule has 1 aliphatic heterocycles. The number of rotatable bonds is 7. The van der Waals surface area contributed by atoms with Crippen molar-refractivity contribution in [3.63, 3.8) is 0 Å². The van der Waals surface area contributed by atoms with Crippen molar-refractivity contribution in [1.29, 1.82) is 0 Å². The van der Waals surface area contributed by atoms with Crippen LogP contribution in [0, 0.1) is 0 Å². The molecule has 7 nitrogen and oxygen atoms in total. The molecule has 3 rings (SSSR count). The topological polar surface area (TPSA) is 91.4 Å². The molecule has 1 amide bonds. The number of carbonyl (C=O) groups is 1. The van der Waals surface area contributed by atoms with Crippen molar-refractivity contribution in [3.05, 3.63) is 52.5 Å². The number of hydrogen-bond donors (Lipinski definition) is 2. The summed E-state index contributed by atoms with van der Waals surface area (Å²) in [6.45, 7) is 1.55. The highest BCUT2D eigenvalue weighted by Crippen LogP contribution is 2.23. The van der Waals surface area contributed by atoms with Gasteiger partial charge in [-0.3, -0.25) is 9.69 Å². The molecule has 0 radical (unpaired) electrons. The summed E-state index contributed by atoms with van der Waals surface area (Å²) in [4.78, 5) is 19.0. The fourth-order valence-electron chi connectivity index (χ4n) is 3.32. The minimum atomic E-state index is -3.24. The molecule has 146 valence electrons. The number of carbonyl (C=O) groups excluding carboxylic acids is 1. The molecule has 2 N–H and O–H groups in total. The number of hydrogen-bond acceptors (Lipinski definition) is 6. The first kappa shape index (κ1) is 19.9. The maximum absolute atomic E-state index is 12.7. The van der Waals surface area contributed by atoms with Gasteiger partial charge in [-0.2, -0.15) is 0 Å². The van der Waals surface area contributed by atoms with Crippen LogP contribution in [0.3, 0.4) is 0 Å². The van der Waals surface area contributed by atoms with Crippen LogP contribution >= 0.6 is 11.3 Å². The molecule has 0 aliphatic carbocycles. The van der Waals surface area contributed by atoms with Crippen LogP contribution in [0.15, 0.2) is 41.9 Å². The zero-order valence-electron chi connectivity index (χ0n) is 15.2. The highest BCUT2D eigenvalue weighted by atomic mass is 32.2. The molecule has 0 saturated carbocycles. The lowest BCUT2D eigenvalue weighted by Crippen LogP contribution is -2.50. The molecule has 1 aromatic heterocycles. The number of sulfonamides is 1. The molecular formula is C18H24N4O3S2. The summed E-state index contributed by atoms with van der Waals surface area (Å²) in [5.41, 5.74) is 0.982. The van der Waals surface area contributed by atoms with Crippen molar-refractivity contribution >= 4 is 27.3 Å². The van der Waals surface area contributed by atoms with Crippen LogP contribution < -0.4 is 10.0 Å². The highest BCUT2D eigenvalue weighted by molar-refractivity contribution is 7.88. The van der Waals surface area contributed by atoms with E-state index in [1.165, 1.54) is 11.3 Å². The second-order valence-electron chi connectivity index (χ2n) is 6.75. The third kappa shape index (κ3) is 6.10. The number of likely N-dealkylation sites (tertiary alicyclic amines) is 1. The molecular weight excluding hydrogens is 384 g/mol. The lowest BCUT2D eigenvalue weighted by atomic mass is 10.1. The molecule has 2 unspecified atom stereocenters. The third-order valence-corrected chi connectivity index (χ3v) is 5.99. The van der Waals surface area contributed by atoms with Gasteiger partial charge in [-0.05, 0) is 24.9 Å². The van der Waals surface area contributed by atoms with Crippen LogP contribution in [0.2, 0.25) is 0 Å². The van der Waals surface area contributed by atoms with Gasteiger partial charge in [0, 0.05) is 24.2 Å². The van der Waals surface area contributed by atoms with Crippen molar-refractivity contribution in [2.45, 2.75) is 24.9 Å². The maximum Gasteiger partial charge on any atom is 0.235 e. The van der Waals surface area contributed by atoms with E-state index in [0.717, 1.165) is 36.2 Å². The van der Waals surface area contributed by atoms with Crippen molar-refractivity contribution in [2.24, 2.45) is 0 Å². The van der Waals surface area contributed by atoms with Gasteiger partial charge < -0.3 is 5.32 Å². The zero-order valence-corrected chi connectivity index (χ0v) is 16.8. The lowest BCUT2D eigenvalue weighted by Gasteiger charge is -2.32. The second-order valence-corrected chi connectivity index (χ2v) is 9.45. The molecule has 0 spiro atoms. The van der Waals surface area contributed by atoms with Crippen molar-refractivity contribution in [3.8, 4) is 0 Å². The average molecular weight is 409 g/mol. The SMILES string of the molecule is CS(=O)(=O)NC1CCCN(CC(=O)NC(c2ccccc2)c2nccs2)C1. The monoisotopic (exact) mass is 408 g/mol. The second kappa shape index (κ2) is 8.92. The van der Waals surface area contributed by atoms with Gasteiger partial charge in [0.25, 0.3) is 0 Å². The van der Waals surface area contributed by atoms with E-state index in [-0.39, 0.29) is 24.5 Å². The van der Waals surface area contributed by atoms with Gasteiger partial charge in [0.1, 0.15) is 11.0 Å². The van der Waals surface area contributed by atoms with Crippen molar-refractivity contribution < 1.29 is 13.2 Å². The number of aromatic nitrogens is 1. The van der Waals surface area contributed by atoms with Crippen molar-refractivity contribution in [2.75, 3.05) is 25.9 Å². The fourth-order valence-corrected chi connectivity index (χ4v) is 4.83. The minimum absolute atomic E-state index is 0.0981. The molecule has 1 aromatic carbocycles. The summed E-state index contributed by atoms with van der Waals surface area (Å²) in [5.74, 6) is -0.0981. The minimum Gasteiger partial charge on any atom is -0.342 e. The summed E-state index contributed by atoms with van der Waals surface area (Å²) in [6.07, 6.45) is 4.54. The molecule has 1 fully saturated rings. The Morgan fingerprint density at radius 1 is 1.37 bits per heavy atom. The van der Waals surface area contributed by atoms with Crippen molar-refractivity contribution in [1.82, 2.24) is 19.9 Å². The number of nitrogens with one attached hydrogen (secondary N) is 2. The third-order valence-electron chi connectivity index (χ3n) is 4.39. The van der Waals surface area contributed by atoms with E-state index in [1.54, 1.807) is 6.20 Å². The Balaban J connectivity index is 1.63. The number of piperidine rings is 1. The molecule has 0 bridgehead atoms. The fraction of sp³-hybridized carbons (Fsp3) is 0.444. The zero-order chi connectivity index (χ0) is 19.3. The number of benzene rings is 1. The molecule has 2 heterocycles. The predicted molar refractivity (Wildman–Crippen MR) is 106 cm³/mol. The smallest absolute Gasteiger partial charge is 0.235 e. The predicted octanol–water partition coefficient (Wildman–Crippen LogP) is 1.36. The number of thiazole rings is 1. The molecule has 27 heavy (non-hydrogen) atoms. The van der Waals surface area contributed by atoms with E-state index in [0.29, 0.717) is 6.54 Å². The van der Waals surface area contributed by atoms with Crippen LogP contribution in [0.4, 0.5) is 0 Å². The Labute approximate surface area is 163 Å². The standard InChI is InChI=1S/C18H24N4O3S2/c1-27(24,25)21-15-8-5-10-22(12-15)13-16(23)20-17(18-19-9-11-26-18)14-6-3-2-4-7-14/h2-4,6-7,9,11,15,17,21H,5,8,10,12-13H2,1H3,(H,20,23). The molecule has 2 atom stereocenters. The Morgan fingerprint density at radius 2 is 2.15 bits per heavy atom. The molecule has 9 heteroatoms. The quantitative estimate of drug-likeness (QED) is 0.722. The van der Waals surface area contributed by atoms with E-state index >= 15 is 0 Å². The van der Waals surface area contributed by atoms with E-state index in [1.807, 2.05) is 40.6 Å². The van der Waals surface area contributed by atoms with E-state index < -0.39 is 10.0 Å². The van der Waals surface area contributed by atoms with Gasteiger partial charge in [0.2, 0.25) is 15.9 Å². The Kier molecular flexibility index (Phi) is 6.59. The van der Waals surface area contributed by atoms with Gasteiger partial charge in [0.15, 0.2) is 0 Å². The van der Waals surface area contributed by atoms with Gasteiger partial charge in [-0.1, -0.05) is 30.3 Å². The van der Waals surface area contributed by atoms with Gasteiger partial charge >= 0.3 is 0 Å². The van der Waals surface area contributed by atoms with E-state index in [4.69, 9.17) is 0 Å². The first-order valence-electron chi connectivity index (χ1n) is 8.84. The average Bonchev–Trinajstić information content (AvgIpc) is 3.13. The van der Waals surface area contributed by atoms with E-state index in [2.05, 4.69) is 15.0 Å². The van der Waals surface area contributed by atoms with Gasteiger partial charge in [-0.15, -0.1) is 11.3 Å². The summed E-state index contributed by atoms with van der Waals surface area (Å²) >= 11 is 1.50. The molecule has 1 aliphatic rings. The lowest BCUT2D eigenvalue weighted by molar-refractivity contribution is -0.123. The van der Waals surface area contributed by atoms with Gasteiger partial charge in [0.05, 0.1) is 12.8 Å². The maximum atomic E-state index is 12.7. The van der Waals surface area contributed by atoms with Crippen LogP contribution in [0.25, 0.3) is 0 Å². The summed E-state index contributed by atoms with van der Waals surface area (Å²) in [5, 5.41) is 5.80. The van der Waals surface area contributed by atoms with E-state index in [9.17, 15) is 13.2 Å². The molecule has 2 aromatic rings. The Morgan fingerprint density at radius 3 is 2.81 bits per heavy atom. The summed E-state index contributed by atoms with van der Waals surface area (Å²) in [7, 11) is -3.24. The van der Waals surface area contributed by atoms with Gasteiger partial charge in [-0.25, -0.2) is 18.1 Å². The Bertz CT molecular complexity index is 841. The number of amides is 1. The van der Waals surface area contributed by atoms with Crippen LogP contribution in [0.5, 0.6) is 0 Å². The van der Waals surface area contributed by atoms with Crippen LogP contribution in [-0.4, -0.2) is 56.1 Å². The number of nitrogens with zero attached hydrogens (tertiary/aromatic N) is 2. The van der Waals surface area contributed by atoms with Crippen LogP contribution in [0.1, 0.15) is 29.5 Å². The first-order chi connectivity index (χ1) is 12.9. The first-order valence-corrected chi connectivity index (χ1v) is 11.6. The largest absolute Gasteiger partial charge is 0.342 e. The molecule has 1 saturated heterocycles. The highest BCUT2D eigenvalue weighted by Gasteiger charge is 2.25. The van der Waals surface area contributed by atoms with Crippen LogP contribution in [-0.2, 0) is 14.8 Å². The summed E-state index contributed by atoms with van der Waals surface area (Å²) in [6, 6.07) is 9.33. The normalized spacial score (nSPS) is 19.5. The Hall–Kier alpha value is -1.81.